The van der Waals surface area contributed by atoms with Gasteiger partial charge in [0, 0.05) is 12.0 Å². The molecule has 0 saturated carbocycles. The van der Waals surface area contributed by atoms with E-state index < -0.39 is 57.3 Å². The van der Waals surface area contributed by atoms with Crippen LogP contribution in [0.25, 0.3) is 16.9 Å². The van der Waals surface area contributed by atoms with Gasteiger partial charge < -0.3 is 10.0 Å². The van der Waals surface area contributed by atoms with Gasteiger partial charge >= 0.3 is 6.18 Å². The molecule has 3 amide bonds. The molecule has 1 aliphatic heterocycles. The van der Waals surface area contributed by atoms with Crippen LogP contribution in [-0.2, 0) is 32.3 Å². The molecule has 14 nitrogen and oxygen atoms in total. The third-order valence-corrected chi connectivity index (χ3v) is 9.82. The molecule has 4 aromatic carbocycles. The van der Waals surface area contributed by atoms with Crippen LogP contribution in [0.4, 0.5) is 13.2 Å². The fourth-order valence-electron chi connectivity index (χ4n) is 5.57. The second kappa shape index (κ2) is 14.8. The number of rotatable bonds is 12. The molecular formula is C36H30F3N7O7S. The third kappa shape index (κ3) is 7.77. The van der Waals surface area contributed by atoms with E-state index in [4.69, 9.17) is 4.84 Å². The van der Waals surface area contributed by atoms with Gasteiger partial charge in [0.05, 0.1) is 39.4 Å². The van der Waals surface area contributed by atoms with Gasteiger partial charge in [0.25, 0.3) is 27.7 Å². The van der Waals surface area contributed by atoms with Gasteiger partial charge in [-0.1, -0.05) is 72.3 Å². The number of nitrogens with one attached hydrogen (secondary N) is 1. The molecule has 6 rings (SSSR count). The summed E-state index contributed by atoms with van der Waals surface area (Å²) in [5.41, 5.74) is 1.26. The highest BCUT2D eigenvalue weighted by Crippen LogP contribution is 2.33. The van der Waals surface area contributed by atoms with E-state index in [0.717, 1.165) is 45.4 Å². The highest BCUT2D eigenvalue weighted by Gasteiger charge is 2.37. The molecule has 54 heavy (non-hydrogen) atoms. The van der Waals surface area contributed by atoms with Gasteiger partial charge in [0.2, 0.25) is 12.0 Å². The van der Waals surface area contributed by atoms with Crippen molar-refractivity contribution in [3.05, 3.63) is 142 Å². The third-order valence-electron chi connectivity index (χ3n) is 8.46. The fraction of sp³-hybridized carbons (Fsp3) is 0.167. The Balaban J connectivity index is 1.20. The van der Waals surface area contributed by atoms with E-state index in [1.807, 2.05) is 11.6 Å². The maximum atomic E-state index is 13.7. The summed E-state index contributed by atoms with van der Waals surface area (Å²) < 4.78 is 70.9. The Morgan fingerprint density at radius 3 is 2.13 bits per heavy atom. The van der Waals surface area contributed by atoms with Crippen molar-refractivity contribution in [2.24, 2.45) is 5.28 Å². The summed E-state index contributed by atoms with van der Waals surface area (Å²) in [6, 6.07) is 25.2. The summed E-state index contributed by atoms with van der Waals surface area (Å²) in [6.45, 7) is 1.11. The molecule has 1 aromatic heterocycles. The van der Waals surface area contributed by atoms with Gasteiger partial charge in [0.1, 0.15) is 0 Å². The number of hydrogen-bond donors (Lipinski definition) is 1. The smallest absolute Gasteiger partial charge is 0.435 e. The molecule has 1 N–H and O–H groups in total. The van der Waals surface area contributed by atoms with E-state index in [1.165, 1.54) is 24.3 Å². The summed E-state index contributed by atoms with van der Waals surface area (Å²) >= 11 is 0. The molecular weight excluding hydrogens is 731 g/mol. The monoisotopic (exact) mass is 761 g/mol. The summed E-state index contributed by atoms with van der Waals surface area (Å²) in [6.07, 6.45) is -4.92. The summed E-state index contributed by atoms with van der Waals surface area (Å²) in [7, 11) is -3.45. The number of amides is 3. The molecule has 278 valence electrons. The molecule has 2 heterocycles. The van der Waals surface area contributed by atoms with Gasteiger partial charge in [0.15, 0.2) is 11.7 Å². The number of nitrogens with zero attached hydrogens (tertiary/aromatic N) is 6. The number of benzene rings is 4. The van der Waals surface area contributed by atoms with Crippen molar-refractivity contribution < 1.29 is 45.8 Å². The van der Waals surface area contributed by atoms with Crippen molar-refractivity contribution in [1.82, 2.24) is 24.4 Å². The van der Waals surface area contributed by atoms with Crippen LogP contribution in [0.15, 0.2) is 119 Å². The van der Waals surface area contributed by atoms with E-state index in [0.29, 0.717) is 11.1 Å². The molecule has 0 aliphatic carbocycles. The van der Waals surface area contributed by atoms with E-state index in [1.54, 1.807) is 66.7 Å². The van der Waals surface area contributed by atoms with E-state index >= 15 is 0 Å². The number of carbonyl (C=O) groups is 3. The first-order valence-electron chi connectivity index (χ1n) is 16.1. The van der Waals surface area contributed by atoms with Crippen molar-refractivity contribution in [1.29, 1.82) is 0 Å². The number of fused-ring (bicyclic) bond motifs is 1. The summed E-state index contributed by atoms with van der Waals surface area (Å²) in [5, 5.41) is 20.8. The average Bonchev–Trinajstić information content (AvgIpc) is 3.71. The van der Waals surface area contributed by atoms with Crippen LogP contribution in [0.5, 0.6) is 0 Å². The molecule has 0 bridgehead atoms. The van der Waals surface area contributed by atoms with Crippen molar-refractivity contribution in [3.8, 4) is 16.9 Å². The van der Waals surface area contributed by atoms with Crippen LogP contribution in [0.1, 0.15) is 37.5 Å². The standard InChI is InChI=1S/C36H30F3N7O7S/c1-23-12-14-25(15-13-23)30-21-32(36(37,38)39)40-45(30)26-16-18-27(19-17-26)54(51,52)41-33(47)31(20-24-8-4-3-5-9-24)43(2)46(50)42-53-22-44-34(48)28-10-6-7-11-29(28)35(44)49/h3-19,21,31H,20,22H2,1-2H3,(H,41,47)/t31-/m0/s1. The highest BCUT2D eigenvalue weighted by molar-refractivity contribution is 7.90. The first-order chi connectivity index (χ1) is 25.6. The molecule has 0 fully saturated rings. The second-order valence-corrected chi connectivity index (χ2v) is 13.8. The summed E-state index contributed by atoms with van der Waals surface area (Å²) in [4.78, 5) is 44.0. The second-order valence-electron chi connectivity index (χ2n) is 12.1. The Hall–Kier alpha value is -6.56. The molecule has 1 aliphatic rings. The van der Waals surface area contributed by atoms with Crippen molar-refractivity contribution in [3.63, 3.8) is 0 Å². The maximum Gasteiger partial charge on any atom is 0.435 e. The Labute approximate surface area is 306 Å². The quantitative estimate of drug-likeness (QED) is 0.0770. The van der Waals surface area contributed by atoms with Crippen LogP contribution < -0.4 is 4.72 Å². The minimum absolute atomic E-state index is 0.109. The van der Waals surface area contributed by atoms with Gasteiger partial charge in [-0.15, -0.1) is 5.01 Å². The average molecular weight is 762 g/mol. The van der Waals surface area contributed by atoms with E-state index in [-0.39, 0.29) is 33.9 Å². The number of hydrazine groups is 1. The number of alkyl halides is 3. The van der Waals surface area contributed by atoms with Crippen LogP contribution in [0.2, 0.25) is 0 Å². The minimum atomic E-state index is -4.75. The van der Waals surface area contributed by atoms with Gasteiger partial charge in [-0.3, -0.25) is 14.4 Å². The van der Waals surface area contributed by atoms with E-state index in [2.05, 4.69) is 10.4 Å². The lowest BCUT2D eigenvalue weighted by Gasteiger charge is -2.23. The zero-order chi connectivity index (χ0) is 38.8. The van der Waals surface area contributed by atoms with Crippen molar-refractivity contribution in [2.75, 3.05) is 13.8 Å². The Morgan fingerprint density at radius 2 is 1.54 bits per heavy atom. The van der Waals surface area contributed by atoms with Crippen LogP contribution >= 0.6 is 0 Å². The molecule has 1 atom stereocenters. The number of likely N-dealkylation sites (N-methyl/N-ethyl adjacent to an activating group) is 1. The fourth-order valence-corrected chi connectivity index (χ4v) is 6.58. The Kier molecular flexibility index (Phi) is 10.2. The number of aromatic nitrogens is 2. The topological polar surface area (TPSA) is 169 Å². The molecule has 18 heteroatoms. The lowest BCUT2D eigenvalue weighted by atomic mass is 10.1. The molecule has 0 radical (unpaired) electrons. The zero-order valence-corrected chi connectivity index (χ0v) is 29.3. The maximum absolute atomic E-state index is 13.7. The normalized spacial score (nSPS) is 13.8. The van der Waals surface area contributed by atoms with Gasteiger partial charge in [-0.05, 0) is 55.0 Å². The first-order valence-corrected chi connectivity index (χ1v) is 17.6. The summed E-state index contributed by atoms with van der Waals surface area (Å²) in [5.74, 6) is -2.44. The number of sulfonamides is 1. The molecule has 0 unspecified atom stereocenters. The predicted molar refractivity (Wildman–Crippen MR) is 185 cm³/mol. The predicted octanol–water partition coefficient (Wildman–Crippen LogP) is 5.28. The van der Waals surface area contributed by atoms with Gasteiger partial charge in [-0.2, -0.15) is 18.3 Å². The van der Waals surface area contributed by atoms with Crippen molar-refractivity contribution >= 4 is 27.7 Å². The number of carbonyl (C=O) groups excluding carboxylic acids is 3. The number of imide groups is 1. The highest BCUT2D eigenvalue weighted by atomic mass is 32.2. The number of aryl methyl sites for hydroxylation is 1. The molecule has 0 saturated heterocycles. The largest absolute Gasteiger partial charge is 0.569 e. The van der Waals surface area contributed by atoms with Gasteiger partial charge in [-0.25, -0.2) is 22.7 Å². The van der Waals surface area contributed by atoms with Crippen LogP contribution in [0.3, 0.4) is 0 Å². The first kappa shape index (κ1) is 37.2. The zero-order valence-electron chi connectivity index (χ0n) is 28.5. The van der Waals surface area contributed by atoms with Crippen molar-refractivity contribution in [2.45, 2.75) is 30.5 Å². The minimum Gasteiger partial charge on any atom is -0.569 e. The lowest BCUT2D eigenvalue weighted by Crippen LogP contribution is -2.50. The van der Waals surface area contributed by atoms with E-state index in [9.17, 15) is 41.2 Å². The SMILES string of the molecule is Cc1ccc(-c2cc(C(F)(F)F)nn2-c2ccc(S(=O)(=O)NC(=O)[C@H](Cc3ccccc3)N(C)[N+]([O-])=NOCN3C(=O)c4ccccc4C3=O)cc2)cc1. The van der Waals surface area contributed by atoms with Crippen LogP contribution in [-0.4, -0.2) is 70.6 Å². The Bertz CT molecular complexity index is 2320. The number of halogens is 3. The number of hydrogen-bond acceptors (Lipinski definition) is 9. The molecule has 0 spiro atoms. The molecule has 5 aromatic rings. The lowest BCUT2D eigenvalue weighted by molar-refractivity contribution is -0.710. The Morgan fingerprint density at radius 1 is 0.944 bits per heavy atom. The van der Waals surface area contributed by atoms with Crippen LogP contribution in [0, 0.1) is 12.1 Å².